The molecule has 1 aromatic heterocycles. The van der Waals surface area contributed by atoms with Crippen LogP contribution < -0.4 is 10.9 Å². The van der Waals surface area contributed by atoms with E-state index in [9.17, 15) is 14.4 Å². The number of aromatic nitrogens is 1. The number of benzene rings is 1. The van der Waals surface area contributed by atoms with Crippen LogP contribution >= 0.6 is 23.2 Å². The number of carbonyl (C=O) groups excluding carboxylic acids is 1. The molecule has 0 saturated carbocycles. The highest BCUT2D eigenvalue weighted by molar-refractivity contribution is 6.35. The minimum absolute atomic E-state index is 0.296. The molecule has 0 spiro atoms. The van der Waals surface area contributed by atoms with Gasteiger partial charge in [-0.05, 0) is 30.3 Å². The molecular formula is C14H10Cl2N2O4. The summed E-state index contributed by atoms with van der Waals surface area (Å²) in [6, 6.07) is 7.12. The van der Waals surface area contributed by atoms with Gasteiger partial charge in [-0.25, -0.2) is 4.79 Å². The number of nitrogens with zero attached hydrogens (tertiary/aromatic N) is 1. The van der Waals surface area contributed by atoms with Crippen molar-refractivity contribution in [2.45, 2.75) is 6.54 Å². The van der Waals surface area contributed by atoms with Crippen LogP contribution in [0.15, 0.2) is 41.3 Å². The summed E-state index contributed by atoms with van der Waals surface area (Å²) in [6.07, 6.45) is 1.33. The van der Waals surface area contributed by atoms with Gasteiger partial charge >= 0.3 is 5.97 Å². The predicted molar refractivity (Wildman–Crippen MR) is 82.8 cm³/mol. The van der Waals surface area contributed by atoms with E-state index in [0.717, 1.165) is 4.57 Å². The number of hydrogen-bond acceptors (Lipinski definition) is 3. The fraction of sp³-hybridized carbons (Fsp3) is 0.0714. The van der Waals surface area contributed by atoms with Gasteiger partial charge in [-0.2, -0.15) is 0 Å². The number of anilines is 1. The van der Waals surface area contributed by atoms with Crippen molar-refractivity contribution >= 4 is 40.8 Å². The van der Waals surface area contributed by atoms with Crippen LogP contribution in [0, 0.1) is 0 Å². The number of halogens is 2. The van der Waals surface area contributed by atoms with Gasteiger partial charge in [0, 0.05) is 11.2 Å². The number of carboxylic acids is 1. The summed E-state index contributed by atoms with van der Waals surface area (Å²) in [5.74, 6) is -1.88. The molecule has 22 heavy (non-hydrogen) atoms. The van der Waals surface area contributed by atoms with E-state index >= 15 is 0 Å². The number of nitrogens with one attached hydrogen (secondary N) is 1. The highest BCUT2D eigenvalue weighted by atomic mass is 35.5. The normalized spacial score (nSPS) is 10.3. The van der Waals surface area contributed by atoms with E-state index in [0.29, 0.717) is 15.7 Å². The molecule has 0 bridgehead atoms. The van der Waals surface area contributed by atoms with Gasteiger partial charge in [0.15, 0.2) is 0 Å². The standard InChI is InChI=1S/C14H10Cl2N2O4/c15-8-3-4-10(16)11(6-8)17-12(19)7-18-5-1-2-9(13(18)20)14(21)22/h1-6H,7H2,(H,17,19)(H,21,22). The van der Waals surface area contributed by atoms with Crippen molar-refractivity contribution in [3.8, 4) is 0 Å². The Kier molecular flexibility index (Phi) is 4.85. The summed E-state index contributed by atoms with van der Waals surface area (Å²) in [6.45, 7) is -0.344. The number of carbonyl (C=O) groups is 2. The fourth-order valence-corrected chi connectivity index (χ4v) is 2.10. The number of carboxylic acid groups (broad SMARTS) is 1. The molecule has 0 fully saturated rings. The van der Waals surface area contributed by atoms with Gasteiger partial charge < -0.3 is 15.0 Å². The number of hydrogen-bond donors (Lipinski definition) is 2. The second kappa shape index (κ2) is 6.64. The number of aromatic carboxylic acids is 1. The average Bonchev–Trinajstić information content (AvgIpc) is 2.45. The van der Waals surface area contributed by atoms with Crippen molar-refractivity contribution in [1.29, 1.82) is 0 Å². The number of pyridine rings is 1. The van der Waals surface area contributed by atoms with Crippen molar-refractivity contribution in [2.75, 3.05) is 5.32 Å². The molecule has 0 unspecified atom stereocenters. The molecule has 114 valence electrons. The quantitative estimate of drug-likeness (QED) is 0.894. The maximum absolute atomic E-state index is 12.0. The summed E-state index contributed by atoms with van der Waals surface area (Å²) in [5, 5.41) is 12.1. The minimum Gasteiger partial charge on any atom is -0.477 e. The first-order valence-corrected chi connectivity index (χ1v) is 6.81. The lowest BCUT2D eigenvalue weighted by atomic mass is 10.3. The van der Waals surface area contributed by atoms with Crippen molar-refractivity contribution < 1.29 is 14.7 Å². The SMILES string of the molecule is O=C(Cn1cccc(C(=O)O)c1=O)Nc1cc(Cl)ccc1Cl. The molecule has 0 radical (unpaired) electrons. The van der Waals surface area contributed by atoms with Crippen molar-refractivity contribution in [3.63, 3.8) is 0 Å². The van der Waals surface area contributed by atoms with Gasteiger partial charge in [0.05, 0.1) is 10.7 Å². The molecule has 0 aliphatic rings. The zero-order valence-electron chi connectivity index (χ0n) is 11.0. The molecule has 0 atom stereocenters. The zero-order valence-corrected chi connectivity index (χ0v) is 12.6. The van der Waals surface area contributed by atoms with E-state index in [1.54, 1.807) is 6.07 Å². The van der Waals surface area contributed by atoms with Gasteiger partial charge in [0.25, 0.3) is 5.56 Å². The average molecular weight is 341 g/mol. The Morgan fingerprint density at radius 1 is 1.23 bits per heavy atom. The molecule has 2 aromatic rings. The molecule has 8 heteroatoms. The Bertz CT molecular complexity index is 802. The molecule has 1 amide bonds. The molecule has 0 aliphatic carbocycles. The van der Waals surface area contributed by atoms with E-state index in [-0.39, 0.29) is 6.54 Å². The lowest BCUT2D eigenvalue weighted by Gasteiger charge is -2.09. The third-order valence-electron chi connectivity index (χ3n) is 2.77. The fourth-order valence-electron chi connectivity index (χ4n) is 1.76. The largest absolute Gasteiger partial charge is 0.477 e. The van der Waals surface area contributed by atoms with Crippen LogP contribution in [-0.2, 0) is 11.3 Å². The van der Waals surface area contributed by atoms with E-state index in [2.05, 4.69) is 5.32 Å². The molecule has 1 aromatic carbocycles. The summed E-state index contributed by atoms with van der Waals surface area (Å²) in [5.41, 5.74) is -0.861. The topological polar surface area (TPSA) is 88.4 Å². The van der Waals surface area contributed by atoms with Crippen LogP contribution in [0.1, 0.15) is 10.4 Å². The second-order valence-electron chi connectivity index (χ2n) is 4.33. The molecule has 0 aliphatic heterocycles. The van der Waals surface area contributed by atoms with Crippen molar-refractivity contribution in [3.05, 3.63) is 62.5 Å². The second-order valence-corrected chi connectivity index (χ2v) is 5.18. The minimum atomic E-state index is -1.35. The molecule has 2 rings (SSSR count). The lowest BCUT2D eigenvalue weighted by molar-refractivity contribution is -0.116. The summed E-state index contributed by atoms with van der Waals surface area (Å²) in [4.78, 5) is 34.7. The van der Waals surface area contributed by atoms with Gasteiger partial charge in [0.1, 0.15) is 12.1 Å². The molecular weight excluding hydrogens is 331 g/mol. The van der Waals surface area contributed by atoms with Crippen molar-refractivity contribution in [2.24, 2.45) is 0 Å². The van der Waals surface area contributed by atoms with Crippen LogP contribution in [0.4, 0.5) is 5.69 Å². The molecule has 0 saturated heterocycles. The monoisotopic (exact) mass is 340 g/mol. The first-order chi connectivity index (χ1) is 10.4. The van der Waals surface area contributed by atoms with E-state index in [1.807, 2.05) is 0 Å². The number of amides is 1. The van der Waals surface area contributed by atoms with Crippen LogP contribution in [0.25, 0.3) is 0 Å². The molecule has 1 heterocycles. The van der Waals surface area contributed by atoms with Gasteiger partial charge in [0.2, 0.25) is 5.91 Å². The lowest BCUT2D eigenvalue weighted by Crippen LogP contribution is -2.30. The maximum atomic E-state index is 12.0. The van der Waals surface area contributed by atoms with E-state index in [1.165, 1.54) is 30.5 Å². The summed E-state index contributed by atoms with van der Waals surface area (Å²) >= 11 is 11.7. The van der Waals surface area contributed by atoms with Gasteiger partial charge in [-0.3, -0.25) is 9.59 Å². The Balaban J connectivity index is 2.20. The zero-order chi connectivity index (χ0) is 16.3. The third-order valence-corrected chi connectivity index (χ3v) is 3.33. The first kappa shape index (κ1) is 16.1. The Hall–Kier alpha value is -2.31. The molecule has 6 nitrogen and oxygen atoms in total. The van der Waals surface area contributed by atoms with Gasteiger partial charge in [-0.15, -0.1) is 0 Å². The van der Waals surface area contributed by atoms with Crippen LogP contribution in [0.3, 0.4) is 0 Å². The smallest absolute Gasteiger partial charge is 0.341 e. The summed E-state index contributed by atoms with van der Waals surface area (Å²) in [7, 11) is 0. The maximum Gasteiger partial charge on any atom is 0.341 e. The van der Waals surface area contributed by atoms with Crippen LogP contribution in [-0.4, -0.2) is 21.6 Å². The molecule has 2 N–H and O–H groups in total. The highest BCUT2D eigenvalue weighted by Gasteiger charge is 2.13. The van der Waals surface area contributed by atoms with Crippen molar-refractivity contribution in [1.82, 2.24) is 4.57 Å². The predicted octanol–water partition coefficient (Wildman–Crippen LogP) is 2.49. The van der Waals surface area contributed by atoms with E-state index < -0.39 is 23.0 Å². The summed E-state index contributed by atoms with van der Waals surface area (Å²) < 4.78 is 0.997. The Morgan fingerprint density at radius 3 is 2.64 bits per heavy atom. The van der Waals surface area contributed by atoms with E-state index in [4.69, 9.17) is 28.3 Å². The third kappa shape index (κ3) is 3.66. The van der Waals surface area contributed by atoms with Crippen LogP contribution in [0.2, 0.25) is 10.0 Å². The Labute approximate surface area is 134 Å². The first-order valence-electron chi connectivity index (χ1n) is 6.06. The van der Waals surface area contributed by atoms with Crippen LogP contribution in [0.5, 0.6) is 0 Å². The highest BCUT2D eigenvalue weighted by Crippen LogP contribution is 2.25. The Morgan fingerprint density at radius 2 is 1.95 bits per heavy atom. The number of rotatable bonds is 4. The van der Waals surface area contributed by atoms with Gasteiger partial charge in [-0.1, -0.05) is 23.2 Å².